The average Bonchev–Trinajstić information content (AvgIpc) is 3.28. The van der Waals surface area contributed by atoms with Gasteiger partial charge in [-0.15, -0.1) is 0 Å². The molecule has 0 saturated heterocycles. The van der Waals surface area contributed by atoms with Crippen LogP contribution in [0.4, 0.5) is 0 Å². The summed E-state index contributed by atoms with van der Waals surface area (Å²) >= 11 is 0. The van der Waals surface area contributed by atoms with Gasteiger partial charge >= 0.3 is 5.69 Å². The number of aryl methyl sites for hydroxylation is 1. The van der Waals surface area contributed by atoms with Crippen molar-refractivity contribution < 1.29 is 9.53 Å². The lowest BCUT2D eigenvalue weighted by Crippen LogP contribution is -2.31. The lowest BCUT2D eigenvalue weighted by molar-refractivity contribution is 0.0931. The standard InChI is InChI=1S/C20H19N5O3/c1-28-12-6-7-15-14(9-12)13-3-2-4-16(18(13)21-15)22-19(26)11-5-8-17-23-24-20(27)25(17)10-11/h5-10,16,21H,2-4H2,1H3,(H,22,26)(H,24,27)/t16-/m0/s1. The first-order valence-corrected chi connectivity index (χ1v) is 9.20. The van der Waals surface area contributed by atoms with Crippen LogP contribution in [0.15, 0.2) is 41.3 Å². The molecule has 1 aliphatic carbocycles. The minimum atomic E-state index is -0.367. The maximum Gasteiger partial charge on any atom is 0.347 e. The van der Waals surface area contributed by atoms with Crippen LogP contribution in [0.1, 0.15) is 40.5 Å². The van der Waals surface area contributed by atoms with Crippen molar-refractivity contribution in [3.8, 4) is 5.75 Å². The molecule has 1 atom stereocenters. The molecular formula is C20H19N5O3. The lowest BCUT2D eigenvalue weighted by Gasteiger charge is -2.24. The van der Waals surface area contributed by atoms with Crippen LogP contribution in [0.25, 0.3) is 16.6 Å². The van der Waals surface area contributed by atoms with Gasteiger partial charge in [0.2, 0.25) is 0 Å². The summed E-state index contributed by atoms with van der Waals surface area (Å²) in [5.41, 5.74) is 3.84. The van der Waals surface area contributed by atoms with Crippen LogP contribution in [-0.2, 0) is 6.42 Å². The fourth-order valence-corrected chi connectivity index (χ4v) is 3.99. The lowest BCUT2D eigenvalue weighted by atomic mass is 9.91. The van der Waals surface area contributed by atoms with Crippen LogP contribution in [0.2, 0.25) is 0 Å². The number of aromatic amines is 2. The van der Waals surface area contributed by atoms with E-state index in [2.05, 4.69) is 20.5 Å². The first-order chi connectivity index (χ1) is 13.6. The summed E-state index contributed by atoms with van der Waals surface area (Å²) in [5, 5.41) is 10.5. The van der Waals surface area contributed by atoms with E-state index in [0.717, 1.165) is 41.6 Å². The molecule has 0 radical (unpaired) electrons. The van der Waals surface area contributed by atoms with Crippen molar-refractivity contribution in [3.63, 3.8) is 0 Å². The van der Waals surface area contributed by atoms with E-state index in [1.54, 1.807) is 19.2 Å². The smallest absolute Gasteiger partial charge is 0.347 e. The van der Waals surface area contributed by atoms with Crippen molar-refractivity contribution in [1.29, 1.82) is 0 Å². The number of nitrogens with one attached hydrogen (secondary N) is 3. The molecule has 1 aliphatic rings. The number of hydrogen-bond donors (Lipinski definition) is 3. The molecule has 0 spiro atoms. The van der Waals surface area contributed by atoms with Gasteiger partial charge in [-0.2, -0.15) is 5.10 Å². The number of benzene rings is 1. The van der Waals surface area contributed by atoms with Crippen LogP contribution in [0.5, 0.6) is 5.75 Å². The van der Waals surface area contributed by atoms with Crippen molar-refractivity contribution in [1.82, 2.24) is 24.9 Å². The van der Waals surface area contributed by atoms with Crippen molar-refractivity contribution >= 4 is 22.5 Å². The second-order valence-corrected chi connectivity index (χ2v) is 7.02. The number of aromatic nitrogens is 4. The molecular weight excluding hydrogens is 358 g/mol. The third kappa shape index (κ3) is 2.57. The van der Waals surface area contributed by atoms with Gasteiger partial charge in [-0.25, -0.2) is 14.3 Å². The molecule has 4 aromatic rings. The second kappa shape index (κ2) is 6.26. The fraction of sp³-hybridized carbons (Fsp3) is 0.250. The minimum absolute atomic E-state index is 0.105. The van der Waals surface area contributed by atoms with E-state index in [1.807, 2.05) is 18.2 Å². The average molecular weight is 377 g/mol. The Bertz CT molecular complexity index is 1270. The summed E-state index contributed by atoms with van der Waals surface area (Å²) in [6.07, 6.45) is 4.32. The van der Waals surface area contributed by atoms with Crippen LogP contribution < -0.4 is 15.7 Å². The first kappa shape index (κ1) is 16.6. The van der Waals surface area contributed by atoms with Crippen LogP contribution in [-0.4, -0.2) is 32.6 Å². The maximum atomic E-state index is 12.8. The second-order valence-electron chi connectivity index (χ2n) is 7.02. The van der Waals surface area contributed by atoms with Gasteiger partial charge in [0.15, 0.2) is 5.65 Å². The summed E-state index contributed by atoms with van der Waals surface area (Å²) in [5.74, 6) is 0.600. The quantitative estimate of drug-likeness (QED) is 0.510. The largest absolute Gasteiger partial charge is 0.497 e. The molecule has 0 aliphatic heterocycles. The third-order valence-corrected chi connectivity index (χ3v) is 5.39. The number of fused-ring (bicyclic) bond motifs is 4. The van der Waals surface area contributed by atoms with Gasteiger partial charge in [0.1, 0.15) is 5.75 Å². The minimum Gasteiger partial charge on any atom is -0.497 e. The van der Waals surface area contributed by atoms with E-state index in [9.17, 15) is 9.59 Å². The molecule has 5 rings (SSSR count). The fourth-order valence-electron chi connectivity index (χ4n) is 3.99. The summed E-state index contributed by atoms with van der Waals surface area (Å²) < 4.78 is 6.68. The highest BCUT2D eigenvalue weighted by Gasteiger charge is 2.26. The summed E-state index contributed by atoms with van der Waals surface area (Å²) in [6.45, 7) is 0. The summed E-state index contributed by atoms with van der Waals surface area (Å²) in [6, 6.07) is 9.18. The number of carbonyl (C=O) groups is 1. The Labute approximate surface area is 159 Å². The third-order valence-electron chi connectivity index (χ3n) is 5.39. The number of methoxy groups -OCH3 is 1. The van der Waals surface area contributed by atoms with E-state index in [0.29, 0.717) is 11.2 Å². The monoisotopic (exact) mass is 377 g/mol. The van der Waals surface area contributed by atoms with Crippen molar-refractivity contribution in [2.75, 3.05) is 7.11 Å². The molecule has 0 fully saturated rings. The Morgan fingerprint density at radius 2 is 2.21 bits per heavy atom. The van der Waals surface area contributed by atoms with Gasteiger partial charge < -0.3 is 15.0 Å². The van der Waals surface area contributed by atoms with E-state index in [-0.39, 0.29) is 17.6 Å². The highest BCUT2D eigenvalue weighted by molar-refractivity contribution is 5.95. The zero-order chi connectivity index (χ0) is 19.3. The van der Waals surface area contributed by atoms with E-state index < -0.39 is 0 Å². The summed E-state index contributed by atoms with van der Waals surface area (Å²) in [4.78, 5) is 28.0. The normalized spacial score (nSPS) is 16.2. The SMILES string of the molecule is COc1ccc2[nH]c3c(c2c1)CCC[C@@H]3NC(=O)c1ccc2n[nH]c(=O)n2c1. The number of H-pyrrole nitrogens is 2. The van der Waals surface area contributed by atoms with Gasteiger partial charge in [-0.05, 0) is 55.2 Å². The van der Waals surface area contributed by atoms with Gasteiger partial charge in [0.05, 0.1) is 18.7 Å². The van der Waals surface area contributed by atoms with Crippen LogP contribution in [0, 0.1) is 0 Å². The molecule has 0 saturated carbocycles. The van der Waals surface area contributed by atoms with Crippen molar-refractivity contribution in [2.24, 2.45) is 0 Å². The topological polar surface area (TPSA) is 104 Å². The van der Waals surface area contributed by atoms with Gasteiger partial charge in [-0.1, -0.05) is 0 Å². The molecule has 28 heavy (non-hydrogen) atoms. The maximum absolute atomic E-state index is 12.8. The molecule has 3 heterocycles. The predicted octanol–water partition coefficient (Wildman–Crippen LogP) is 2.32. The van der Waals surface area contributed by atoms with E-state index in [1.165, 1.54) is 16.2 Å². The molecule has 1 amide bonds. The van der Waals surface area contributed by atoms with Gasteiger partial charge in [-0.3, -0.25) is 4.79 Å². The number of amides is 1. The molecule has 1 aromatic carbocycles. The molecule has 0 bridgehead atoms. The molecule has 3 aromatic heterocycles. The zero-order valence-electron chi connectivity index (χ0n) is 15.3. The predicted molar refractivity (Wildman–Crippen MR) is 104 cm³/mol. The Morgan fingerprint density at radius 3 is 3.07 bits per heavy atom. The first-order valence-electron chi connectivity index (χ1n) is 9.20. The molecule has 8 nitrogen and oxygen atoms in total. The van der Waals surface area contributed by atoms with Gasteiger partial charge in [0.25, 0.3) is 5.91 Å². The number of pyridine rings is 1. The summed E-state index contributed by atoms with van der Waals surface area (Å²) in [7, 11) is 1.66. The Kier molecular flexibility index (Phi) is 3.71. The van der Waals surface area contributed by atoms with Gasteiger partial charge in [0, 0.05) is 22.8 Å². The molecule has 8 heteroatoms. The Balaban J connectivity index is 1.48. The number of nitrogens with zero attached hydrogens (tertiary/aromatic N) is 2. The van der Waals surface area contributed by atoms with Crippen LogP contribution >= 0.6 is 0 Å². The highest BCUT2D eigenvalue weighted by atomic mass is 16.5. The number of carbonyl (C=O) groups excluding carboxylic acids is 1. The highest BCUT2D eigenvalue weighted by Crippen LogP contribution is 2.36. The van der Waals surface area contributed by atoms with Crippen LogP contribution in [0.3, 0.4) is 0 Å². The number of rotatable bonds is 3. The van der Waals surface area contributed by atoms with Crippen molar-refractivity contribution in [3.05, 3.63) is 63.8 Å². The van der Waals surface area contributed by atoms with E-state index in [4.69, 9.17) is 4.74 Å². The Hall–Kier alpha value is -3.55. The van der Waals surface area contributed by atoms with Crippen molar-refractivity contribution in [2.45, 2.75) is 25.3 Å². The zero-order valence-corrected chi connectivity index (χ0v) is 15.3. The molecule has 3 N–H and O–H groups in total. The number of ether oxygens (including phenoxy) is 1. The van der Waals surface area contributed by atoms with E-state index >= 15 is 0 Å². The molecule has 0 unspecified atom stereocenters. The Morgan fingerprint density at radius 1 is 1.32 bits per heavy atom. The number of hydrogen-bond acceptors (Lipinski definition) is 4. The molecule has 142 valence electrons.